The van der Waals surface area contributed by atoms with Gasteiger partial charge in [-0.3, -0.25) is 0 Å². The number of aromatic amines is 1. The molecule has 6 rings (SSSR count). The second-order valence-electron chi connectivity index (χ2n) is 9.41. The number of nitrogens with one attached hydrogen (secondary N) is 1. The van der Waals surface area contributed by atoms with Crippen molar-refractivity contribution in [3.8, 4) is 28.5 Å². The fraction of sp³-hybridized carbons (Fsp3) is 0.259. The Kier molecular flexibility index (Phi) is 6.49. The average Bonchev–Trinajstić information content (AvgIpc) is 3.65. The van der Waals surface area contributed by atoms with Crippen molar-refractivity contribution in [1.82, 2.24) is 30.2 Å². The summed E-state index contributed by atoms with van der Waals surface area (Å²) in [4.78, 5) is 4.64. The first-order chi connectivity index (χ1) is 18.5. The number of hydrogen-bond acceptors (Lipinski definition) is 5. The van der Waals surface area contributed by atoms with Crippen molar-refractivity contribution in [2.75, 3.05) is 6.61 Å². The van der Waals surface area contributed by atoms with E-state index in [0.717, 1.165) is 31.4 Å². The molecule has 0 radical (unpaired) electrons. The normalized spacial score (nSPS) is 17.4. The number of imidazole rings is 1. The van der Waals surface area contributed by atoms with E-state index in [-0.39, 0.29) is 28.8 Å². The predicted molar refractivity (Wildman–Crippen MR) is 136 cm³/mol. The van der Waals surface area contributed by atoms with Crippen LogP contribution in [0.1, 0.15) is 24.8 Å². The molecule has 5 aromatic rings. The number of alkyl halides is 1. The highest BCUT2D eigenvalue weighted by Crippen LogP contribution is 2.35. The Morgan fingerprint density at radius 2 is 1.82 bits per heavy atom. The number of nitrogens with zero attached hydrogens (tertiary/aromatic N) is 5. The molecule has 2 heterocycles. The summed E-state index contributed by atoms with van der Waals surface area (Å²) in [5.74, 6) is -0.991. The van der Waals surface area contributed by atoms with Crippen LogP contribution in [-0.4, -0.2) is 42.2 Å². The predicted octanol–water partition coefficient (Wildman–Crippen LogP) is 6.14. The van der Waals surface area contributed by atoms with Crippen molar-refractivity contribution in [2.45, 2.75) is 31.2 Å². The van der Waals surface area contributed by atoms with Crippen molar-refractivity contribution in [3.05, 3.63) is 77.6 Å². The fourth-order valence-electron chi connectivity index (χ4n) is 4.93. The van der Waals surface area contributed by atoms with Crippen molar-refractivity contribution in [1.29, 1.82) is 0 Å². The van der Waals surface area contributed by atoms with E-state index in [9.17, 15) is 13.2 Å². The maximum absolute atomic E-state index is 15.0. The van der Waals surface area contributed by atoms with Gasteiger partial charge in [0.2, 0.25) is 5.82 Å². The van der Waals surface area contributed by atoms with Crippen molar-refractivity contribution < 1.29 is 17.9 Å². The summed E-state index contributed by atoms with van der Waals surface area (Å²) in [7, 11) is 0. The fourth-order valence-corrected chi connectivity index (χ4v) is 5.31. The molecule has 1 N–H and O–H groups in total. The number of tetrazole rings is 1. The van der Waals surface area contributed by atoms with Gasteiger partial charge in [-0.1, -0.05) is 18.2 Å². The monoisotopic (exact) mass is 538 g/mol. The summed E-state index contributed by atoms with van der Waals surface area (Å²) < 4.78 is 51.3. The number of ether oxygens (including phenoxy) is 1. The summed E-state index contributed by atoms with van der Waals surface area (Å²) in [6, 6.07) is 14.2. The van der Waals surface area contributed by atoms with Crippen LogP contribution in [0.4, 0.5) is 13.2 Å². The number of H-pyrrole nitrogens is 1. The molecule has 7 nitrogen and oxygen atoms in total. The topological polar surface area (TPSA) is 81.5 Å². The van der Waals surface area contributed by atoms with E-state index in [0.29, 0.717) is 40.7 Å². The van der Waals surface area contributed by atoms with Crippen LogP contribution in [0.2, 0.25) is 0 Å². The molecule has 1 fully saturated rings. The zero-order valence-electron chi connectivity index (χ0n) is 20.0. The van der Waals surface area contributed by atoms with Gasteiger partial charge in [-0.05, 0) is 60.2 Å². The van der Waals surface area contributed by atoms with Gasteiger partial charge in [0.1, 0.15) is 17.4 Å². The van der Waals surface area contributed by atoms with Crippen LogP contribution >= 0.6 is 11.6 Å². The third-order valence-electron chi connectivity index (χ3n) is 6.83. The molecule has 0 bridgehead atoms. The molecular formula is C27H22ClF3N6O. The van der Waals surface area contributed by atoms with E-state index >= 15 is 0 Å². The highest BCUT2D eigenvalue weighted by Gasteiger charge is 2.25. The van der Waals surface area contributed by atoms with Gasteiger partial charge in [0, 0.05) is 24.1 Å². The lowest BCUT2D eigenvalue weighted by Crippen LogP contribution is -2.10. The molecule has 0 amide bonds. The van der Waals surface area contributed by atoms with Crippen molar-refractivity contribution in [2.24, 2.45) is 5.92 Å². The molecule has 1 aliphatic rings. The number of hydrogen-bond donors (Lipinski definition) is 1. The van der Waals surface area contributed by atoms with E-state index in [2.05, 4.69) is 25.6 Å². The lowest BCUT2D eigenvalue weighted by Gasteiger charge is -2.16. The molecule has 1 saturated carbocycles. The SMILES string of the molecule is Fc1cc2nc(-c3ccccc3OCC3CCC(Cl)C3)n(Cc3ccc(-c4nn[nH]n4)c(F)c3)c2cc1F. The first kappa shape index (κ1) is 24.4. The minimum Gasteiger partial charge on any atom is -0.493 e. The highest BCUT2D eigenvalue weighted by molar-refractivity contribution is 6.20. The zero-order valence-corrected chi connectivity index (χ0v) is 20.8. The quantitative estimate of drug-likeness (QED) is 0.252. The smallest absolute Gasteiger partial charge is 0.207 e. The highest BCUT2D eigenvalue weighted by atomic mass is 35.5. The van der Waals surface area contributed by atoms with Gasteiger partial charge < -0.3 is 9.30 Å². The van der Waals surface area contributed by atoms with Gasteiger partial charge in [0.15, 0.2) is 11.6 Å². The van der Waals surface area contributed by atoms with E-state index in [1.54, 1.807) is 16.7 Å². The molecule has 2 atom stereocenters. The molecule has 0 aliphatic heterocycles. The van der Waals surface area contributed by atoms with Gasteiger partial charge in [0.25, 0.3) is 0 Å². The molecule has 194 valence electrons. The summed E-state index contributed by atoms with van der Waals surface area (Å²) in [6.07, 6.45) is 2.86. The van der Waals surface area contributed by atoms with E-state index in [4.69, 9.17) is 16.3 Å². The summed E-state index contributed by atoms with van der Waals surface area (Å²) in [6.45, 7) is 0.651. The van der Waals surface area contributed by atoms with Gasteiger partial charge in [-0.15, -0.1) is 21.8 Å². The first-order valence-electron chi connectivity index (χ1n) is 12.2. The third kappa shape index (κ3) is 4.71. The molecule has 0 spiro atoms. The lowest BCUT2D eigenvalue weighted by atomic mass is 10.1. The minimum absolute atomic E-state index is 0.134. The van der Waals surface area contributed by atoms with Crippen LogP contribution in [0.5, 0.6) is 5.75 Å². The van der Waals surface area contributed by atoms with Crippen molar-refractivity contribution >= 4 is 22.6 Å². The van der Waals surface area contributed by atoms with E-state index in [1.807, 2.05) is 24.3 Å². The third-order valence-corrected chi connectivity index (χ3v) is 7.23. The molecule has 11 heteroatoms. The molecular weight excluding hydrogens is 517 g/mol. The number of rotatable bonds is 7. The van der Waals surface area contributed by atoms with Crippen LogP contribution in [0.25, 0.3) is 33.8 Å². The number of fused-ring (bicyclic) bond motifs is 1. The second-order valence-corrected chi connectivity index (χ2v) is 10.0. The summed E-state index contributed by atoms with van der Waals surface area (Å²) in [5, 5.41) is 13.6. The van der Waals surface area contributed by atoms with Crippen LogP contribution in [0.15, 0.2) is 54.6 Å². The minimum atomic E-state index is -0.995. The Balaban J connectivity index is 1.40. The Morgan fingerprint density at radius 1 is 0.974 bits per heavy atom. The van der Waals surface area contributed by atoms with E-state index < -0.39 is 17.5 Å². The Bertz CT molecular complexity index is 1610. The molecule has 38 heavy (non-hydrogen) atoms. The summed E-state index contributed by atoms with van der Waals surface area (Å²) in [5.41, 5.74) is 2.08. The van der Waals surface area contributed by atoms with E-state index in [1.165, 1.54) is 6.07 Å². The van der Waals surface area contributed by atoms with Crippen LogP contribution < -0.4 is 4.74 Å². The first-order valence-corrected chi connectivity index (χ1v) is 12.6. The largest absolute Gasteiger partial charge is 0.493 e. The average molecular weight is 539 g/mol. The Labute approximate surface area is 220 Å². The number of benzene rings is 3. The van der Waals surface area contributed by atoms with Gasteiger partial charge in [0.05, 0.1) is 28.8 Å². The second kappa shape index (κ2) is 10.1. The lowest BCUT2D eigenvalue weighted by molar-refractivity contribution is 0.253. The number of para-hydroxylation sites is 1. The van der Waals surface area contributed by atoms with Crippen LogP contribution in [0.3, 0.4) is 0 Å². The van der Waals surface area contributed by atoms with Gasteiger partial charge in [-0.2, -0.15) is 5.21 Å². The van der Waals surface area contributed by atoms with Crippen LogP contribution in [-0.2, 0) is 6.54 Å². The maximum atomic E-state index is 15.0. The molecule has 3 aromatic carbocycles. The van der Waals surface area contributed by atoms with Crippen LogP contribution in [0, 0.1) is 23.4 Å². The summed E-state index contributed by atoms with van der Waals surface area (Å²) >= 11 is 6.27. The molecule has 2 unspecified atom stereocenters. The number of aromatic nitrogens is 6. The molecule has 2 aromatic heterocycles. The van der Waals surface area contributed by atoms with Gasteiger partial charge >= 0.3 is 0 Å². The Hall–Kier alpha value is -3.92. The standard InChI is InChI=1S/C27H22ClF3N6O/c28-17-7-5-16(9-17)14-38-25-4-2-1-3-19(25)27-32-23-11-21(30)22(31)12-24(23)37(27)13-15-6-8-18(20(29)10-15)26-33-35-36-34-26/h1-4,6,8,10-12,16-17H,5,7,9,13-14H2,(H,33,34,35,36). The zero-order chi connectivity index (χ0) is 26.2. The molecule has 1 aliphatic carbocycles. The molecule has 0 saturated heterocycles. The maximum Gasteiger partial charge on any atom is 0.207 e. The Morgan fingerprint density at radius 3 is 2.58 bits per heavy atom. The van der Waals surface area contributed by atoms with Gasteiger partial charge in [-0.25, -0.2) is 18.2 Å². The number of halogens is 4. The van der Waals surface area contributed by atoms with Crippen molar-refractivity contribution in [3.63, 3.8) is 0 Å².